The molecule has 2 saturated carbocycles. The van der Waals surface area contributed by atoms with Gasteiger partial charge in [0.2, 0.25) is 0 Å². The van der Waals surface area contributed by atoms with Crippen LogP contribution in [0.25, 0.3) is 0 Å². The Morgan fingerprint density at radius 2 is 1.35 bits per heavy atom. The van der Waals surface area contributed by atoms with Gasteiger partial charge in [0, 0.05) is 5.92 Å². The lowest BCUT2D eigenvalue weighted by atomic mass is 9.84. The second kappa shape index (κ2) is 5.29. The van der Waals surface area contributed by atoms with E-state index in [1.807, 2.05) is 0 Å². The topological polar surface area (TPSA) is 13.1 Å². The Morgan fingerprint density at radius 1 is 0.765 bits per heavy atom. The van der Waals surface area contributed by atoms with Crippen LogP contribution in [-0.4, -0.2) is 0 Å². The van der Waals surface area contributed by atoms with Gasteiger partial charge in [0.15, 0.2) is 0 Å². The van der Waals surface area contributed by atoms with Gasteiger partial charge in [-0.05, 0) is 43.2 Å². The Hall–Kier alpha value is -0.720. The van der Waals surface area contributed by atoms with Crippen molar-refractivity contribution >= 4 is 0 Å². The highest BCUT2D eigenvalue weighted by Gasteiger charge is 2.22. The normalized spacial score (nSPS) is 24.0. The van der Waals surface area contributed by atoms with Crippen molar-refractivity contribution in [1.82, 2.24) is 0 Å². The van der Waals surface area contributed by atoms with E-state index in [-0.39, 0.29) is 0 Å². The van der Waals surface area contributed by atoms with E-state index in [0.717, 1.165) is 11.8 Å². The van der Waals surface area contributed by atoms with Crippen LogP contribution in [0, 0.1) is 0 Å². The molecular weight excluding hydrogens is 208 g/mol. The van der Waals surface area contributed by atoms with Crippen molar-refractivity contribution in [3.8, 4) is 0 Å². The molecule has 0 unspecified atom stereocenters. The van der Waals surface area contributed by atoms with Crippen molar-refractivity contribution in [3.63, 3.8) is 0 Å². The zero-order chi connectivity index (χ0) is 11.5. The molecule has 0 saturated heterocycles. The van der Waals surface area contributed by atoms with Crippen molar-refractivity contribution < 1.29 is 4.42 Å². The Labute approximate surface area is 105 Å². The lowest BCUT2D eigenvalue weighted by Crippen LogP contribution is -2.04. The largest absolute Gasteiger partial charge is 0.469 e. The molecule has 1 heterocycles. The van der Waals surface area contributed by atoms with Gasteiger partial charge < -0.3 is 4.42 Å². The Bertz CT molecular complexity index is 308. The second-order valence-corrected chi connectivity index (χ2v) is 5.95. The third kappa shape index (κ3) is 2.59. The third-order valence-corrected chi connectivity index (χ3v) is 4.72. The predicted octanol–water partition coefficient (Wildman–Crippen LogP) is 5.38. The molecule has 0 atom stereocenters. The second-order valence-electron chi connectivity index (χ2n) is 5.95. The number of hydrogen-bond donors (Lipinski definition) is 0. The molecule has 2 aliphatic carbocycles. The van der Waals surface area contributed by atoms with Crippen LogP contribution < -0.4 is 0 Å². The van der Waals surface area contributed by atoms with Crippen LogP contribution in [-0.2, 0) is 0 Å². The van der Waals surface area contributed by atoms with Crippen molar-refractivity contribution in [2.24, 2.45) is 0 Å². The molecular formula is C16H24O. The SMILES string of the molecule is c1oc(C2CCCCC2)cc1C1CCCCC1. The summed E-state index contributed by atoms with van der Waals surface area (Å²) in [6.07, 6.45) is 16.0. The van der Waals surface area contributed by atoms with E-state index < -0.39 is 0 Å². The lowest BCUT2D eigenvalue weighted by Gasteiger charge is -2.20. The van der Waals surface area contributed by atoms with Crippen LogP contribution in [0.2, 0.25) is 0 Å². The quantitative estimate of drug-likeness (QED) is 0.667. The lowest BCUT2D eigenvalue weighted by molar-refractivity contribution is 0.373. The van der Waals surface area contributed by atoms with Gasteiger partial charge in [-0.2, -0.15) is 0 Å². The molecule has 3 rings (SSSR count). The summed E-state index contributed by atoms with van der Waals surface area (Å²) in [6.45, 7) is 0. The predicted molar refractivity (Wildman–Crippen MR) is 70.4 cm³/mol. The highest BCUT2D eigenvalue weighted by Crippen LogP contribution is 2.38. The standard InChI is InChI=1S/C16H24O/c1-3-7-13(8-4-1)15-11-16(17-12-15)14-9-5-2-6-10-14/h11-14H,1-10H2. The maximum atomic E-state index is 5.86. The van der Waals surface area contributed by atoms with E-state index >= 15 is 0 Å². The summed E-state index contributed by atoms with van der Waals surface area (Å²) in [7, 11) is 0. The molecule has 0 amide bonds. The van der Waals surface area contributed by atoms with Crippen molar-refractivity contribution in [1.29, 1.82) is 0 Å². The van der Waals surface area contributed by atoms with Crippen LogP contribution in [0.4, 0.5) is 0 Å². The molecule has 2 fully saturated rings. The summed E-state index contributed by atoms with van der Waals surface area (Å²) in [5.74, 6) is 2.80. The van der Waals surface area contributed by atoms with Crippen LogP contribution >= 0.6 is 0 Å². The molecule has 2 aliphatic rings. The summed E-state index contributed by atoms with van der Waals surface area (Å²) in [4.78, 5) is 0. The molecule has 1 heteroatoms. The van der Waals surface area contributed by atoms with Gasteiger partial charge in [0.1, 0.15) is 5.76 Å². The first kappa shape index (κ1) is 11.4. The molecule has 0 aromatic carbocycles. The molecule has 0 radical (unpaired) electrons. The molecule has 0 bridgehead atoms. The smallest absolute Gasteiger partial charge is 0.107 e. The fraction of sp³-hybridized carbons (Fsp3) is 0.750. The first-order valence-electron chi connectivity index (χ1n) is 7.52. The Morgan fingerprint density at radius 3 is 2.00 bits per heavy atom. The number of furan rings is 1. The van der Waals surface area contributed by atoms with E-state index in [1.54, 1.807) is 0 Å². The van der Waals surface area contributed by atoms with Crippen LogP contribution in [0.1, 0.15) is 87.4 Å². The molecule has 94 valence electrons. The van der Waals surface area contributed by atoms with E-state index in [1.165, 1.54) is 75.5 Å². The van der Waals surface area contributed by atoms with E-state index in [0.29, 0.717) is 0 Å². The van der Waals surface area contributed by atoms with E-state index in [9.17, 15) is 0 Å². The summed E-state index contributed by atoms with van der Waals surface area (Å²) in [5.41, 5.74) is 1.49. The highest BCUT2D eigenvalue weighted by molar-refractivity contribution is 5.20. The summed E-state index contributed by atoms with van der Waals surface area (Å²) in [6, 6.07) is 2.38. The minimum absolute atomic E-state index is 0.723. The van der Waals surface area contributed by atoms with Gasteiger partial charge >= 0.3 is 0 Å². The summed E-state index contributed by atoms with van der Waals surface area (Å²) >= 11 is 0. The minimum atomic E-state index is 0.723. The Kier molecular flexibility index (Phi) is 3.54. The van der Waals surface area contributed by atoms with Gasteiger partial charge in [-0.1, -0.05) is 38.5 Å². The van der Waals surface area contributed by atoms with Gasteiger partial charge in [-0.15, -0.1) is 0 Å². The summed E-state index contributed by atoms with van der Waals surface area (Å²) in [5, 5.41) is 0. The first-order chi connectivity index (χ1) is 8.43. The average molecular weight is 232 g/mol. The molecule has 0 aliphatic heterocycles. The molecule has 1 aromatic heterocycles. The van der Waals surface area contributed by atoms with Gasteiger partial charge in [0.05, 0.1) is 6.26 Å². The highest BCUT2D eigenvalue weighted by atomic mass is 16.3. The van der Waals surface area contributed by atoms with Crippen LogP contribution in [0.3, 0.4) is 0 Å². The Balaban J connectivity index is 1.68. The van der Waals surface area contributed by atoms with Crippen molar-refractivity contribution in [2.45, 2.75) is 76.0 Å². The molecule has 1 aromatic rings. The van der Waals surface area contributed by atoms with Gasteiger partial charge in [0.25, 0.3) is 0 Å². The fourth-order valence-corrected chi connectivity index (χ4v) is 3.62. The number of hydrogen-bond acceptors (Lipinski definition) is 1. The summed E-state index contributed by atoms with van der Waals surface area (Å²) < 4.78 is 5.86. The number of rotatable bonds is 2. The zero-order valence-corrected chi connectivity index (χ0v) is 10.8. The minimum Gasteiger partial charge on any atom is -0.469 e. The van der Waals surface area contributed by atoms with Gasteiger partial charge in [-0.3, -0.25) is 0 Å². The maximum absolute atomic E-state index is 5.86. The molecule has 0 N–H and O–H groups in total. The first-order valence-corrected chi connectivity index (χ1v) is 7.52. The monoisotopic (exact) mass is 232 g/mol. The molecule has 17 heavy (non-hydrogen) atoms. The van der Waals surface area contributed by atoms with Gasteiger partial charge in [-0.25, -0.2) is 0 Å². The third-order valence-electron chi connectivity index (χ3n) is 4.72. The van der Waals surface area contributed by atoms with E-state index in [4.69, 9.17) is 4.42 Å². The zero-order valence-electron chi connectivity index (χ0n) is 10.8. The fourth-order valence-electron chi connectivity index (χ4n) is 3.62. The molecule has 0 spiro atoms. The average Bonchev–Trinajstić information content (AvgIpc) is 2.90. The van der Waals surface area contributed by atoms with E-state index in [2.05, 4.69) is 12.3 Å². The van der Waals surface area contributed by atoms with Crippen LogP contribution in [0.15, 0.2) is 16.7 Å². The molecule has 1 nitrogen and oxygen atoms in total. The van der Waals surface area contributed by atoms with Crippen LogP contribution in [0.5, 0.6) is 0 Å². The van der Waals surface area contributed by atoms with Crippen molar-refractivity contribution in [3.05, 3.63) is 23.7 Å². The van der Waals surface area contributed by atoms with Crippen molar-refractivity contribution in [2.75, 3.05) is 0 Å². The maximum Gasteiger partial charge on any atom is 0.107 e.